The number of nitrogens with one attached hydrogen (secondary N) is 2. The van der Waals surface area contributed by atoms with Gasteiger partial charge in [0.05, 0.1) is 11.7 Å². The summed E-state index contributed by atoms with van der Waals surface area (Å²) in [6, 6.07) is 15.4. The summed E-state index contributed by atoms with van der Waals surface area (Å²) in [5.41, 5.74) is 6.03. The van der Waals surface area contributed by atoms with Crippen molar-refractivity contribution in [2.45, 2.75) is 6.54 Å². The summed E-state index contributed by atoms with van der Waals surface area (Å²) in [7, 11) is 0. The number of carbonyl (C=O) groups excluding carboxylic acids is 1. The summed E-state index contributed by atoms with van der Waals surface area (Å²) in [6.45, 7) is 0.0612. The van der Waals surface area contributed by atoms with Crippen molar-refractivity contribution in [2.75, 3.05) is 0 Å². The van der Waals surface area contributed by atoms with Crippen LogP contribution >= 0.6 is 0 Å². The third-order valence-electron chi connectivity index (χ3n) is 3.73. The van der Waals surface area contributed by atoms with Crippen LogP contribution in [-0.4, -0.2) is 32.1 Å². The molecule has 2 aromatic carbocycles. The van der Waals surface area contributed by atoms with E-state index >= 15 is 0 Å². The Morgan fingerprint density at radius 3 is 3.00 bits per heavy atom. The van der Waals surface area contributed by atoms with Gasteiger partial charge in [0.15, 0.2) is 0 Å². The summed E-state index contributed by atoms with van der Waals surface area (Å²) in [5, 5.41) is 13.1. The van der Waals surface area contributed by atoms with Gasteiger partial charge in [0.1, 0.15) is 12.1 Å². The van der Waals surface area contributed by atoms with E-state index in [9.17, 15) is 4.79 Å². The average Bonchev–Trinajstić information content (AvgIpc) is 3.20. The third-order valence-corrected chi connectivity index (χ3v) is 3.73. The molecule has 0 unspecified atom stereocenters. The van der Waals surface area contributed by atoms with Crippen LogP contribution in [0.3, 0.4) is 0 Å². The Hall–Kier alpha value is -3.48. The highest BCUT2D eigenvalue weighted by Gasteiger charge is 2.07. The van der Waals surface area contributed by atoms with E-state index in [0.717, 1.165) is 27.5 Å². The summed E-state index contributed by atoms with van der Waals surface area (Å²) < 4.78 is 1.55. The number of hydrogen-bond donors (Lipinski definition) is 2. The third kappa shape index (κ3) is 2.63. The van der Waals surface area contributed by atoms with Crippen LogP contribution in [0, 0.1) is 0 Å². The lowest BCUT2D eigenvalue weighted by atomic mass is 10.2. The molecule has 2 aromatic heterocycles. The lowest BCUT2D eigenvalue weighted by Gasteiger charge is -2.00. The van der Waals surface area contributed by atoms with E-state index < -0.39 is 0 Å². The first-order chi connectivity index (χ1) is 11.8. The Morgan fingerprint density at radius 2 is 2.04 bits per heavy atom. The Morgan fingerprint density at radius 1 is 1.21 bits per heavy atom. The number of fused-ring (bicyclic) bond motifs is 2. The van der Waals surface area contributed by atoms with Gasteiger partial charge in [-0.2, -0.15) is 5.10 Å². The molecule has 0 atom stereocenters. The smallest absolute Gasteiger partial charge is 0.261 e. The molecule has 7 nitrogen and oxygen atoms in total. The fourth-order valence-electron chi connectivity index (χ4n) is 2.58. The molecule has 0 saturated carbocycles. The van der Waals surface area contributed by atoms with Gasteiger partial charge in [0, 0.05) is 22.7 Å². The van der Waals surface area contributed by atoms with Gasteiger partial charge in [-0.1, -0.05) is 35.5 Å². The molecule has 118 valence electrons. The molecular weight excluding hydrogens is 304 g/mol. The molecule has 0 aliphatic carbocycles. The van der Waals surface area contributed by atoms with E-state index in [4.69, 9.17) is 0 Å². The van der Waals surface area contributed by atoms with Crippen LogP contribution in [0.25, 0.3) is 21.9 Å². The molecule has 4 aromatic rings. The Kier molecular flexibility index (Phi) is 3.51. The number of benzene rings is 2. The lowest BCUT2D eigenvalue weighted by molar-refractivity contribution is -0.121. The van der Waals surface area contributed by atoms with Crippen LogP contribution in [0.5, 0.6) is 0 Å². The van der Waals surface area contributed by atoms with Gasteiger partial charge < -0.3 is 4.98 Å². The van der Waals surface area contributed by atoms with Crippen molar-refractivity contribution >= 4 is 34.1 Å². The largest absolute Gasteiger partial charge is 0.361 e. The van der Waals surface area contributed by atoms with Gasteiger partial charge in [0.2, 0.25) is 0 Å². The molecule has 0 radical (unpaired) electrons. The van der Waals surface area contributed by atoms with Crippen molar-refractivity contribution in [3.8, 4) is 0 Å². The Balaban J connectivity index is 1.45. The number of rotatable bonds is 4. The Labute approximate surface area is 137 Å². The van der Waals surface area contributed by atoms with E-state index in [-0.39, 0.29) is 12.5 Å². The maximum Gasteiger partial charge on any atom is 0.261 e. The molecule has 7 heteroatoms. The van der Waals surface area contributed by atoms with Crippen LogP contribution in [0.1, 0.15) is 5.56 Å². The quantitative estimate of drug-likeness (QED) is 0.446. The van der Waals surface area contributed by atoms with Gasteiger partial charge in [-0.25, -0.2) is 10.1 Å². The molecule has 4 rings (SSSR count). The molecule has 2 N–H and O–H groups in total. The molecule has 0 spiro atoms. The number of carbonyl (C=O) groups is 1. The van der Waals surface area contributed by atoms with Crippen molar-refractivity contribution in [1.29, 1.82) is 0 Å². The second-order valence-electron chi connectivity index (χ2n) is 5.32. The summed E-state index contributed by atoms with van der Waals surface area (Å²) in [6.07, 6.45) is 3.47. The number of aromatic amines is 1. The van der Waals surface area contributed by atoms with Crippen LogP contribution in [0.15, 0.2) is 59.8 Å². The summed E-state index contributed by atoms with van der Waals surface area (Å²) >= 11 is 0. The molecule has 0 bridgehead atoms. The van der Waals surface area contributed by atoms with Gasteiger partial charge in [-0.15, -0.1) is 5.10 Å². The number of amides is 1. The van der Waals surface area contributed by atoms with Crippen LogP contribution in [0.4, 0.5) is 0 Å². The standard InChI is InChI=1S/C17H14N6O/c24-17(11-23-16-8-4-3-7-15(16)20-22-23)21-19-10-12-9-18-14-6-2-1-5-13(12)14/h1-10,18H,11H2,(H,21,24). The van der Waals surface area contributed by atoms with Crippen molar-refractivity contribution in [2.24, 2.45) is 5.10 Å². The predicted octanol–water partition coefficient (Wildman–Crippen LogP) is 2.06. The molecule has 0 saturated heterocycles. The SMILES string of the molecule is O=C(Cn1nnc2ccccc21)NN=Cc1c[nH]c2ccccc12. The topological polar surface area (TPSA) is 88.0 Å². The number of nitrogens with zero attached hydrogens (tertiary/aromatic N) is 4. The van der Waals surface area contributed by atoms with Gasteiger partial charge in [0.25, 0.3) is 5.91 Å². The monoisotopic (exact) mass is 318 g/mol. The second-order valence-corrected chi connectivity index (χ2v) is 5.32. The minimum atomic E-state index is -0.262. The van der Waals surface area contributed by atoms with Crippen molar-refractivity contribution < 1.29 is 4.79 Å². The molecule has 24 heavy (non-hydrogen) atoms. The van der Waals surface area contributed by atoms with Gasteiger partial charge in [-0.3, -0.25) is 4.79 Å². The van der Waals surface area contributed by atoms with E-state index in [1.165, 1.54) is 0 Å². The van der Waals surface area contributed by atoms with Crippen LogP contribution in [0.2, 0.25) is 0 Å². The minimum Gasteiger partial charge on any atom is -0.361 e. The molecular formula is C17H14N6O. The van der Waals surface area contributed by atoms with Crippen molar-refractivity contribution in [3.05, 3.63) is 60.3 Å². The minimum absolute atomic E-state index is 0.0612. The van der Waals surface area contributed by atoms with E-state index in [1.54, 1.807) is 10.9 Å². The fraction of sp³-hybridized carbons (Fsp3) is 0.0588. The maximum absolute atomic E-state index is 12.0. The van der Waals surface area contributed by atoms with E-state index in [2.05, 4.69) is 25.8 Å². The fourth-order valence-corrected chi connectivity index (χ4v) is 2.58. The first kappa shape index (κ1) is 14.1. The summed E-state index contributed by atoms with van der Waals surface area (Å²) in [5.74, 6) is -0.262. The lowest BCUT2D eigenvalue weighted by Crippen LogP contribution is -2.23. The van der Waals surface area contributed by atoms with E-state index in [1.807, 2.05) is 54.7 Å². The van der Waals surface area contributed by atoms with Crippen LogP contribution < -0.4 is 5.43 Å². The second kappa shape index (κ2) is 5.96. The summed E-state index contributed by atoms with van der Waals surface area (Å²) in [4.78, 5) is 15.2. The predicted molar refractivity (Wildman–Crippen MR) is 91.6 cm³/mol. The molecule has 1 amide bonds. The number of aromatic nitrogens is 4. The number of para-hydroxylation sites is 2. The average molecular weight is 318 g/mol. The Bertz CT molecular complexity index is 1050. The highest BCUT2D eigenvalue weighted by atomic mass is 16.2. The molecule has 2 heterocycles. The molecule has 0 fully saturated rings. The first-order valence-electron chi connectivity index (χ1n) is 7.47. The zero-order chi connectivity index (χ0) is 16.4. The van der Waals surface area contributed by atoms with Gasteiger partial charge in [-0.05, 0) is 18.2 Å². The number of hydrogen-bond acceptors (Lipinski definition) is 4. The van der Waals surface area contributed by atoms with Crippen molar-refractivity contribution in [1.82, 2.24) is 25.4 Å². The number of H-pyrrole nitrogens is 1. The zero-order valence-corrected chi connectivity index (χ0v) is 12.7. The normalized spacial score (nSPS) is 11.5. The highest BCUT2D eigenvalue weighted by Crippen LogP contribution is 2.15. The van der Waals surface area contributed by atoms with Crippen molar-refractivity contribution in [3.63, 3.8) is 0 Å². The zero-order valence-electron chi connectivity index (χ0n) is 12.7. The van der Waals surface area contributed by atoms with E-state index in [0.29, 0.717) is 0 Å². The number of hydrazone groups is 1. The first-order valence-corrected chi connectivity index (χ1v) is 7.47. The molecule has 0 aliphatic heterocycles. The van der Waals surface area contributed by atoms with Gasteiger partial charge >= 0.3 is 0 Å². The highest BCUT2D eigenvalue weighted by molar-refractivity contribution is 5.99. The maximum atomic E-state index is 12.0. The van der Waals surface area contributed by atoms with Crippen LogP contribution in [-0.2, 0) is 11.3 Å². The molecule has 0 aliphatic rings.